The fourth-order valence-electron chi connectivity index (χ4n) is 9.01. The van der Waals surface area contributed by atoms with E-state index in [4.69, 9.17) is 32.3 Å². The molecule has 0 radical (unpaired) electrons. The molecule has 0 aliphatic carbocycles. The molecular formula is C67H122O16P2. The number of phosphoric ester groups is 2. The van der Waals surface area contributed by atoms with E-state index in [1.165, 1.54) is 122 Å². The lowest BCUT2D eigenvalue weighted by Crippen LogP contribution is -2.30. The molecule has 0 bridgehead atoms. The molecule has 0 aromatic rings. The van der Waals surface area contributed by atoms with Crippen molar-refractivity contribution in [1.29, 1.82) is 0 Å². The Morgan fingerprint density at radius 2 is 0.600 bits per heavy atom. The third-order valence-corrected chi connectivity index (χ3v) is 16.1. The summed E-state index contributed by atoms with van der Waals surface area (Å²) < 4.78 is 60.7. The first-order valence-electron chi connectivity index (χ1n) is 33.6. The smallest absolute Gasteiger partial charge is 0.463 e. The summed E-state index contributed by atoms with van der Waals surface area (Å²) in [6, 6.07) is 0. The van der Waals surface area contributed by atoms with Gasteiger partial charge in [0.2, 0.25) is 0 Å². The van der Waals surface area contributed by atoms with E-state index in [2.05, 4.69) is 81.5 Å². The van der Waals surface area contributed by atoms with Crippen LogP contribution in [0.2, 0.25) is 0 Å². The molecule has 0 fully saturated rings. The van der Waals surface area contributed by atoms with Crippen LogP contribution in [0.4, 0.5) is 0 Å². The third-order valence-electron chi connectivity index (χ3n) is 14.2. The molecule has 0 aromatic heterocycles. The van der Waals surface area contributed by atoms with Crippen molar-refractivity contribution in [3.05, 3.63) is 60.8 Å². The maximum absolute atomic E-state index is 12.8. The van der Waals surface area contributed by atoms with Gasteiger partial charge in [-0.05, 0) is 83.5 Å². The molecule has 85 heavy (non-hydrogen) atoms. The summed E-state index contributed by atoms with van der Waals surface area (Å²) in [4.78, 5) is 58.1. The maximum atomic E-state index is 12.8. The topological polar surface area (TPSA) is 231 Å². The van der Waals surface area contributed by atoms with E-state index in [0.717, 1.165) is 109 Å². The van der Waals surface area contributed by atoms with E-state index >= 15 is 0 Å². The van der Waals surface area contributed by atoms with Gasteiger partial charge in [-0.1, -0.05) is 248 Å². The first-order valence-corrected chi connectivity index (χ1v) is 36.6. The van der Waals surface area contributed by atoms with E-state index in [0.29, 0.717) is 19.3 Å². The van der Waals surface area contributed by atoms with E-state index in [-0.39, 0.29) is 19.3 Å². The van der Waals surface area contributed by atoms with Crippen molar-refractivity contribution in [2.45, 2.75) is 309 Å². The molecule has 0 saturated carbocycles. The molecule has 0 aliphatic heterocycles. The largest absolute Gasteiger partial charge is 0.472 e. The van der Waals surface area contributed by atoms with Gasteiger partial charge in [0.1, 0.15) is 25.4 Å². The highest BCUT2D eigenvalue weighted by Gasteiger charge is 2.29. The number of unbranched alkanes of at least 4 members (excludes halogenated alkanes) is 31. The van der Waals surface area contributed by atoms with Crippen LogP contribution in [0, 0.1) is 0 Å². The van der Waals surface area contributed by atoms with Gasteiger partial charge in [0.05, 0.1) is 26.4 Å². The van der Waals surface area contributed by atoms with Gasteiger partial charge in [0, 0.05) is 19.3 Å². The number of aliphatic hydroxyl groups excluding tert-OH is 2. The van der Waals surface area contributed by atoms with Crippen molar-refractivity contribution in [2.75, 3.05) is 39.6 Å². The van der Waals surface area contributed by atoms with Gasteiger partial charge in [0.25, 0.3) is 0 Å². The van der Waals surface area contributed by atoms with Crippen LogP contribution in [-0.4, -0.2) is 95.9 Å². The first kappa shape index (κ1) is 82.2. The molecule has 0 amide bonds. The zero-order valence-electron chi connectivity index (χ0n) is 53.5. The third kappa shape index (κ3) is 62.7. The molecule has 18 heteroatoms. The lowest BCUT2D eigenvalue weighted by atomic mass is 10.0. The van der Waals surface area contributed by atoms with Gasteiger partial charge < -0.3 is 34.2 Å². The lowest BCUT2D eigenvalue weighted by Gasteiger charge is -2.21. The number of rotatable bonds is 64. The molecule has 16 nitrogen and oxygen atoms in total. The highest BCUT2D eigenvalue weighted by molar-refractivity contribution is 7.47. The summed E-state index contributed by atoms with van der Waals surface area (Å²) in [5.41, 5.74) is 0. The SMILES string of the molecule is CCCC/C=C\CCCCCCCC(=O)OCC(COP(=O)(O)OCC(O)COP(=O)(O)OCC(O)COC(=O)CCCCCCCCCCCCC/C=C\C/C=C\C/C=C\C/C=C\CCCCC)OC(=O)CCCCCCCCCCCCC. The highest BCUT2D eigenvalue weighted by Crippen LogP contribution is 2.45. The number of aliphatic hydroxyl groups is 2. The molecule has 0 aliphatic rings. The Bertz CT molecular complexity index is 1800. The van der Waals surface area contributed by atoms with E-state index in [9.17, 15) is 43.5 Å². The zero-order valence-corrected chi connectivity index (χ0v) is 55.3. The minimum Gasteiger partial charge on any atom is -0.463 e. The Kier molecular flexibility index (Phi) is 59.5. The predicted molar refractivity (Wildman–Crippen MR) is 344 cm³/mol. The average Bonchev–Trinajstić information content (AvgIpc) is 3.56. The lowest BCUT2D eigenvalue weighted by molar-refractivity contribution is -0.161. The summed E-state index contributed by atoms with van der Waals surface area (Å²) in [6.07, 6.45) is 61.6. The van der Waals surface area contributed by atoms with Crippen LogP contribution in [0.3, 0.4) is 0 Å². The van der Waals surface area contributed by atoms with Gasteiger partial charge in [-0.2, -0.15) is 0 Å². The molecule has 4 N–H and O–H groups in total. The molecule has 0 saturated heterocycles. The molecule has 0 aromatic carbocycles. The van der Waals surface area contributed by atoms with E-state index in [1.54, 1.807) is 0 Å². The van der Waals surface area contributed by atoms with Crippen LogP contribution in [0.15, 0.2) is 60.8 Å². The van der Waals surface area contributed by atoms with Crippen molar-refractivity contribution >= 4 is 33.6 Å². The van der Waals surface area contributed by atoms with Crippen LogP contribution in [0.25, 0.3) is 0 Å². The fraction of sp³-hybridized carbons (Fsp3) is 0.806. The number of carbonyl (C=O) groups excluding carboxylic acids is 3. The minimum atomic E-state index is -4.91. The number of ether oxygens (including phenoxy) is 3. The highest BCUT2D eigenvalue weighted by atomic mass is 31.2. The number of carbonyl (C=O) groups is 3. The van der Waals surface area contributed by atoms with E-state index < -0.39 is 91.5 Å². The van der Waals surface area contributed by atoms with Gasteiger partial charge >= 0.3 is 33.6 Å². The average molecular weight is 1250 g/mol. The quantitative estimate of drug-likeness (QED) is 0.0146. The Hall–Kier alpha value is -2.75. The van der Waals surface area contributed by atoms with Gasteiger partial charge in [-0.3, -0.25) is 32.5 Å². The molecule has 0 spiro atoms. The Morgan fingerprint density at radius 1 is 0.329 bits per heavy atom. The minimum absolute atomic E-state index is 0.108. The second-order valence-electron chi connectivity index (χ2n) is 22.6. The van der Waals surface area contributed by atoms with Gasteiger partial charge in [-0.15, -0.1) is 0 Å². The number of hydrogen-bond acceptors (Lipinski definition) is 14. The Labute approximate surface area is 516 Å². The fourth-order valence-corrected chi connectivity index (χ4v) is 10.6. The van der Waals surface area contributed by atoms with Crippen LogP contribution in [-0.2, 0) is 55.8 Å². The predicted octanol–water partition coefficient (Wildman–Crippen LogP) is 18.2. The summed E-state index contributed by atoms with van der Waals surface area (Å²) >= 11 is 0. The number of allylic oxidation sites excluding steroid dienone is 10. The zero-order chi connectivity index (χ0) is 62.4. The number of phosphoric acid groups is 2. The summed E-state index contributed by atoms with van der Waals surface area (Å²) in [6.45, 7) is 2.59. The first-order chi connectivity index (χ1) is 41.2. The number of esters is 3. The Morgan fingerprint density at radius 3 is 1.00 bits per heavy atom. The molecule has 5 unspecified atom stereocenters. The second-order valence-corrected chi connectivity index (χ2v) is 25.5. The van der Waals surface area contributed by atoms with E-state index in [1.807, 2.05) is 0 Å². The molecule has 496 valence electrons. The molecule has 5 atom stereocenters. The van der Waals surface area contributed by atoms with Crippen LogP contribution in [0.5, 0.6) is 0 Å². The summed E-state index contributed by atoms with van der Waals surface area (Å²) in [5.74, 6) is -1.58. The normalized spacial score (nSPS) is 14.7. The van der Waals surface area contributed by atoms with Crippen LogP contribution in [0.1, 0.15) is 290 Å². The van der Waals surface area contributed by atoms with Crippen molar-refractivity contribution in [3.63, 3.8) is 0 Å². The monoisotopic (exact) mass is 1240 g/mol. The number of hydrogen-bond donors (Lipinski definition) is 4. The molecular weight excluding hydrogens is 1120 g/mol. The molecule has 0 rings (SSSR count). The standard InChI is InChI=1S/C67H122O16P2/c1-4-7-10-13-16-19-22-23-24-25-26-27-28-29-30-31-32-33-34-35-36-37-40-42-44-47-50-53-65(70)77-56-62(68)57-79-84(73,74)80-58-63(69)59-81-85(75,76)82-61-64(83-67(72)55-52-49-46-43-39-21-18-15-12-9-6-3)60-78-66(71)54-51-48-45-41-38-20-17-14-11-8-5-2/h14,16-17,19,23-24,26-27,29-30,62-64,68-69H,4-13,15,18,20-22,25,28,31-61H2,1-3H3,(H,73,74)(H,75,76)/b17-14-,19-16-,24-23-,27-26-,30-29-. The van der Waals surface area contributed by atoms with Crippen molar-refractivity contribution in [3.8, 4) is 0 Å². The van der Waals surface area contributed by atoms with Crippen LogP contribution < -0.4 is 0 Å². The summed E-state index contributed by atoms with van der Waals surface area (Å²) in [5, 5.41) is 20.5. The van der Waals surface area contributed by atoms with Crippen molar-refractivity contribution < 1.29 is 75.8 Å². The van der Waals surface area contributed by atoms with Crippen molar-refractivity contribution in [2.24, 2.45) is 0 Å². The molecule has 0 heterocycles. The Balaban J connectivity index is 4.39. The summed E-state index contributed by atoms with van der Waals surface area (Å²) in [7, 11) is -9.75. The van der Waals surface area contributed by atoms with Crippen molar-refractivity contribution in [1.82, 2.24) is 0 Å². The second kappa shape index (κ2) is 61.5. The maximum Gasteiger partial charge on any atom is 0.472 e. The van der Waals surface area contributed by atoms with Gasteiger partial charge in [0.15, 0.2) is 6.10 Å². The van der Waals surface area contributed by atoms with Crippen LogP contribution >= 0.6 is 15.6 Å². The van der Waals surface area contributed by atoms with Gasteiger partial charge in [-0.25, -0.2) is 9.13 Å².